The molecular formula is C17H22N6O2S. The van der Waals surface area contributed by atoms with E-state index in [1.807, 2.05) is 29.8 Å². The summed E-state index contributed by atoms with van der Waals surface area (Å²) in [7, 11) is 0. The molecule has 1 unspecified atom stereocenters. The van der Waals surface area contributed by atoms with Gasteiger partial charge in [0.05, 0.1) is 5.69 Å². The van der Waals surface area contributed by atoms with Crippen molar-refractivity contribution in [3.8, 4) is 0 Å². The maximum atomic E-state index is 12.8. The average Bonchev–Trinajstić information content (AvgIpc) is 3.20. The average molecular weight is 374 g/mol. The van der Waals surface area contributed by atoms with Gasteiger partial charge in [-0.05, 0) is 26.2 Å². The third-order valence-electron chi connectivity index (χ3n) is 4.84. The Hall–Kier alpha value is -2.42. The number of amides is 1. The van der Waals surface area contributed by atoms with Crippen molar-refractivity contribution in [2.24, 2.45) is 0 Å². The highest BCUT2D eigenvalue weighted by molar-refractivity contribution is 7.15. The van der Waals surface area contributed by atoms with Crippen LogP contribution in [0.4, 0.5) is 0 Å². The highest BCUT2D eigenvalue weighted by Crippen LogP contribution is 2.18. The van der Waals surface area contributed by atoms with E-state index in [-0.39, 0.29) is 17.6 Å². The molecule has 138 valence electrons. The summed E-state index contributed by atoms with van der Waals surface area (Å²) in [4.78, 5) is 30.4. The van der Waals surface area contributed by atoms with E-state index < -0.39 is 0 Å². The SMILES string of the molecule is CCCn1nc2n(c1=O)CCC(NC(=O)c1c(C)nc3sccn13)CC2. The number of aromatic nitrogens is 5. The van der Waals surface area contributed by atoms with Gasteiger partial charge in [-0.15, -0.1) is 11.3 Å². The number of imidazole rings is 1. The molecule has 0 aromatic carbocycles. The van der Waals surface area contributed by atoms with Crippen LogP contribution in [0.3, 0.4) is 0 Å². The number of hydrogen-bond acceptors (Lipinski definition) is 5. The van der Waals surface area contributed by atoms with Crippen LogP contribution in [0.2, 0.25) is 0 Å². The van der Waals surface area contributed by atoms with Crippen LogP contribution in [0.5, 0.6) is 0 Å². The van der Waals surface area contributed by atoms with E-state index >= 15 is 0 Å². The summed E-state index contributed by atoms with van der Waals surface area (Å²) < 4.78 is 5.14. The molecular weight excluding hydrogens is 352 g/mol. The number of carbonyl (C=O) groups is 1. The van der Waals surface area contributed by atoms with Crippen LogP contribution in [0, 0.1) is 6.92 Å². The summed E-state index contributed by atoms with van der Waals surface area (Å²) in [5.41, 5.74) is 1.28. The Kier molecular flexibility index (Phi) is 4.39. The van der Waals surface area contributed by atoms with Crippen LogP contribution in [0.25, 0.3) is 4.96 Å². The summed E-state index contributed by atoms with van der Waals surface area (Å²) in [5, 5.41) is 9.50. The predicted molar refractivity (Wildman–Crippen MR) is 98.8 cm³/mol. The van der Waals surface area contributed by atoms with Crippen LogP contribution in [0.1, 0.15) is 48.2 Å². The Morgan fingerprint density at radius 3 is 3.08 bits per heavy atom. The fraction of sp³-hybridized carbons (Fsp3) is 0.529. The van der Waals surface area contributed by atoms with Gasteiger partial charge in [0.25, 0.3) is 5.91 Å². The first-order valence-corrected chi connectivity index (χ1v) is 9.86. The minimum atomic E-state index is -0.110. The second-order valence-corrected chi connectivity index (χ2v) is 7.55. The summed E-state index contributed by atoms with van der Waals surface area (Å²) >= 11 is 1.51. The minimum Gasteiger partial charge on any atom is -0.348 e. The van der Waals surface area contributed by atoms with Crippen molar-refractivity contribution in [2.75, 3.05) is 0 Å². The smallest absolute Gasteiger partial charge is 0.345 e. The number of hydrogen-bond donors (Lipinski definition) is 1. The van der Waals surface area contributed by atoms with E-state index in [1.165, 1.54) is 11.3 Å². The van der Waals surface area contributed by atoms with Gasteiger partial charge in [0.2, 0.25) is 0 Å². The van der Waals surface area contributed by atoms with E-state index in [4.69, 9.17) is 0 Å². The van der Waals surface area contributed by atoms with Gasteiger partial charge in [-0.1, -0.05) is 6.92 Å². The van der Waals surface area contributed by atoms with Crippen molar-refractivity contribution in [1.29, 1.82) is 0 Å². The molecule has 0 saturated carbocycles. The van der Waals surface area contributed by atoms with Crippen LogP contribution in [-0.4, -0.2) is 35.7 Å². The van der Waals surface area contributed by atoms with Crippen molar-refractivity contribution < 1.29 is 4.79 Å². The number of rotatable bonds is 4. The number of fused-ring (bicyclic) bond motifs is 2. The molecule has 4 rings (SSSR count). The minimum absolute atomic E-state index is 0.0202. The quantitative estimate of drug-likeness (QED) is 0.752. The number of carbonyl (C=O) groups excluding carboxylic acids is 1. The van der Waals surface area contributed by atoms with Crippen molar-refractivity contribution in [3.05, 3.63) is 39.3 Å². The number of thiazole rings is 1. The molecule has 9 heteroatoms. The number of aryl methyl sites for hydroxylation is 3. The first-order chi connectivity index (χ1) is 12.6. The molecule has 0 saturated heterocycles. The van der Waals surface area contributed by atoms with Gasteiger partial charge in [0, 0.05) is 37.1 Å². The molecule has 0 aliphatic carbocycles. The van der Waals surface area contributed by atoms with Gasteiger partial charge in [0.15, 0.2) is 4.96 Å². The Balaban J connectivity index is 1.49. The first-order valence-electron chi connectivity index (χ1n) is 8.98. The summed E-state index contributed by atoms with van der Waals surface area (Å²) in [6.07, 6.45) is 4.95. The fourth-order valence-electron chi connectivity index (χ4n) is 3.55. The second kappa shape index (κ2) is 6.71. The van der Waals surface area contributed by atoms with Gasteiger partial charge in [-0.3, -0.25) is 13.8 Å². The number of nitrogens with one attached hydrogen (secondary N) is 1. The Morgan fingerprint density at radius 1 is 1.42 bits per heavy atom. The molecule has 1 aliphatic heterocycles. The summed E-state index contributed by atoms with van der Waals surface area (Å²) in [6, 6.07) is 0.0202. The second-order valence-electron chi connectivity index (χ2n) is 6.67. The zero-order valence-electron chi connectivity index (χ0n) is 14.9. The van der Waals surface area contributed by atoms with Crippen molar-refractivity contribution in [3.63, 3.8) is 0 Å². The Labute approximate surface area is 154 Å². The monoisotopic (exact) mass is 374 g/mol. The largest absolute Gasteiger partial charge is 0.348 e. The standard InChI is InChI=1S/C17H22N6O2S/c1-3-7-23-17(25)21-8-6-12(4-5-13(21)20-23)19-15(24)14-11(2)18-16-22(14)9-10-26-16/h9-10,12H,3-8H2,1-2H3,(H,19,24). The van der Waals surface area contributed by atoms with E-state index in [0.29, 0.717) is 25.2 Å². The Morgan fingerprint density at radius 2 is 2.27 bits per heavy atom. The maximum absolute atomic E-state index is 12.8. The van der Waals surface area contributed by atoms with Crippen LogP contribution in [-0.2, 0) is 19.5 Å². The zero-order valence-corrected chi connectivity index (χ0v) is 15.8. The lowest BCUT2D eigenvalue weighted by molar-refractivity contribution is 0.0926. The van der Waals surface area contributed by atoms with E-state index in [9.17, 15) is 9.59 Å². The third kappa shape index (κ3) is 2.86. The third-order valence-corrected chi connectivity index (χ3v) is 5.60. The molecule has 0 spiro atoms. The predicted octanol–water partition coefficient (Wildman–Crippen LogP) is 1.61. The molecule has 4 heterocycles. The van der Waals surface area contributed by atoms with Crippen LogP contribution < -0.4 is 11.0 Å². The molecule has 1 N–H and O–H groups in total. The zero-order chi connectivity index (χ0) is 18.3. The van der Waals surface area contributed by atoms with E-state index in [0.717, 1.165) is 35.7 Å². The lowest BCUT2D eigenvalue weighted by Gasteiger charge is -2.16. The molecule has 3 aromatic rings. The summed E-state index contributed by atoms with van der Waals surface area (Å²) in [6.45, 7) is 5.12. The van der Waals surface area contributed by atoms with Crippen molar-refractivity contribution in [1.82, 2.24) is 29.0 Å². The highest BCUT2D eigenvalue weighted by Gasteiger charge is 2.24. The van der Waals surface area contributed by atoms with Crippen LogP contribution in [0.15, 0.2) is 16.4 Å². The number of nitrogens with zero attached hydrogens (tertiary/aromatic N) is 5. The lowest BCUT2D eigenvalue weighted by atomic mass is 10.1. The van der Waals surface area contributed by atoms with Crippen molar-refractivity contribution >= 4 is 22.2 Å². The Bertz CT molecular complexity index is 1010. The van der Waals surface area contributed by atoms with Crippen molar-refractivity contribution in [2.45, 2.75) is 58.7 Å². The molecule has 0 bridgehead atoms. The molecule has 3 aromatic heterocycles. The highest BCUT2D eigenvalue weighted by atomic mass is 32.1. The van der Waals surface area contributed by atoms with Crippen LogP contribution >= 0.6 is 11.3 Å². The summed E-state index contributed by atoms with van der Waals surface area (Å²) in [5.74, 6) is 0.710. The molecule has 1 atom stereocenters. The van der Waals surface area contributed by atoms with Gasteiger partial charge in [-0.25, -0.2) is 14.5 Å². The van der Waals surface area contributed by atoms with Gasteiger partial charge >= 0.3 is 5.69 Å². The fourth-order valence-corrected chi connectivity index (χ4v) is 4.31. The van der Waals surface area contributed by atoms with E-state index in [2.05, 4.69) is 15.4 Å². The van der Waals surface area contributed by atoms with Gasteiger partial charge in [0.1, 0.15) is 11.5 Å². The first kappa shape index (κ1) is 17.0. The molecule has 0 radical (unpaired) electrons. The maximum Gasteiger partial charge on any atom is 0.345 e. The molecule has 1 amide bonds. The molecule has 26 heavy (non-hydrogen) atoms. The topological polar surface area (TPSA) is 86.2 Å². The normalized spacial score (nSPS) is 17.2. The molecule has 0 fully saturated rings. The van der Waals surface area contributed by atoms with E-state index in [1.54, 1.807) is 9.25 Å². The van der Waals surface area contributed by atoms with Gasteiger partial charge in [-0.2, -0.15) is 5.10 Å². The van der Waals surface area contributed by atoms with Gasteiger partial charge < -0.3 is 5.32 Å². The lowest BCUT2D eigenvalue weighted by Crippen LogP contribution is -2.36. The molecule has 8 nitrogen and oxygen atoms in total. The molecule has 1 aliphatic rings.